The molecular formula is C9H10N2. The van der Waals surface area contributed by atoms with E-state index in [-0.39, 0.29) is 0 Å². The van der Waals surface area contributed by atoms with Crippen LogP contribution in [0.3, 0.4) is 0 Å². The molecule has 1 aromatic rings. The molecule has 0 aliphatic heterocycles. The average molecular weight is 146 g/mol. The Balaban J connectivity index is 2.95. The van der Waals surface area contributed by atoms with Gasteiger partial charge < -0.3 is 5.32 Å². The fourth-order valence-corrected chi connectivity index (χ4v) is 0.830. The zero-order valence-electron chi connectivity index (χ0n) is 6.46. The van der Waals surface area contributed by atoms with Gasteiger partial charge in [0, 0.05) is 12.7 Å². The van der Waals surface area contributed by atoms with Crippen LogP contribution in [0.25, 0.3) is 0 Å². The van der Waals surface area contributed by atoms with Crippen LogP contribution in [-0.4, -0.2) is 11.5 Å². The Bertz CT molecular complexity index is 273. The van der Waals surface area contributed by atoms with E-state index >= 15 is 0 Å². The molecule has 1 heterocycles. The molecule has 1 aromatic heterocycles. The van der Waals surface area contributed by atoms with Crippen LogP contribution in [0.5, 0.6) is 0 Å². The van der Waals surface area contributed by atoms with Crippen molar-refractivity contribution in [3.63, 3.8) is 0 Å². The Morgan fingerprint density at radius 1 is 1.73 bits per heavy atom. The van der Waals surface area contributed by atoms with Crippen molar-refractivity contribution in [2.45, 2.75) is 6.92 Å². The van der Waals surface area contributed by atoms with Gasteiger partial charge in [-0.15, -0.1) is 6.42 Å². The third kappa shape index (κ3) is 1.71. The van der Waals surface area contributed by atoms with Crippen molar-refractivity contribution in [3.8, 4) is 12.3 Å². The lowest BCUT2D eigenvalue weighted by Gasteiger charge is -2.02. The second-order valence-electron chi connectivity index (χ2n) is 2.07. The number of rotatable bonds is 2. The van der Waals surface area contributed by atoms with Crippen LogP contribution in [0.15, 0.2) is 18.3 Å². The zero-order chi connectivity index (χ0) is 8.10. The number of nitrogens with zero attached hydrogens (tertiary/aromatic N) is 1. The summed E-state index contributed by atoms with van der Waals surface area (Å²) in [6.07, 6.45) is 6.97. The summed E-state index contributed by atoms with van der Waals surface area (Å²) in [4.78, 5) is 4.09. The minimum Gasteiger partial charge on any atom is -0.369 e. The lowest BCUT2D eigenvalue weighted by atomic mass is 10.3. The molecular weight excluding hydrogens is 136 g/mol. The van der Waals surface area contributed by atoms with Crippen molar-refractivity contribution in [3.05, 3.63) is 23.9 Å². The fourth-order valence-electron chi connectivity index (χ4n) is 0.830. The Hall–Kier alpha value is -1.49. The van der Waals surface area contributed by atoms with E-state index in [9.17, 15) is 0 Å². The van der Waals surface area contributed by atoms with Crippen molar-refractivity contribution >= 4 is 5.82 Å². The highest BCUT2D eigenvalue weighted by Gasteiger charge is 1.95. The summed E-state index contributed by atoms with van der Waals surface area (Å²) in [5.74, 6) is 3.34. The van der Waals surface area contributed by atoms with E-state index < -0.39 is 0 Å². The number of nitrogens with one attached hydrogen (secondary N) is 1. The quantitative estimate of drug-likeness (QED) is 0.639. The Kier molecular flexibility index (Phi) is 2.51. The third-order valence-electron chi connectivity index (χ3n) is 1.31. The first-order valence-electron chi connectivity index (χ1n) is 3.54. The van der Waals surface area contributed by atoms with Crippen LogP contribution < -0.4 is 5.32 Å². The maximum atomic E-state index is 5.25. The van der Waals surface area contributed by atoms with E-state index in [0.29, 0.717) is 0 Å². The first-order chi connectivity index (χ1) is 5.38. The predicted octanol–water partition coefficient (Wildman–Crippen LogP) is 1.49. The van der Waals surface area contributed by atoms with E-state index in [2.05, 4.69) is 16.2 Å². The van der Waals surface area contributed by atoms with Crippen LogP contribution in [-0.2, 0) is 0 Å². The highest BCUT2D eigenvalue weighted by atomic mass is 15.0. The molecule has 0 fully saturated rings. The summed E-state index contributed by atoms with van der Waals surface area (Å²) in [5.41, 5.74) is 0.814. The van der Waals surface area contributed by atoms with Crippen molar-refractivity contribution in [2.24, 2.45) is 0 Å². The van der Waals surface area contributed by atoms with Gasteiger partial charge in [0.1, 0.15) is 5.82 Å². The minimum absolute atomic E-state index is 0.789. The van der Waals surface area contributed by atoms with Crippen molar-refractivity contribution < 1.29 is 0 Å². The second kappa shape index (κ2) is 3.62. The number of anilines is 1. The van der Waals surface area contributed by atoms with Gasteiger partial charge in [0.25, 0.3) is 0 Å². The number of pyridine rings is 1. The van der Waals surface area contributed by atoms with Gasteiger partial charge in [-0.2, -0.15) is 0 Å². The lowest BCUT2D eigenvalue weighted by Crippen LogP contribution is -2.00. The molecule has 56 valence electrons. The van der Waals surface area contributed by atoms with Crippen molar-refractivity contribution in [1.82, 2.24) is 4.98 Å². The van der Waals surface area contributed by atoms with Crippen molar-refractivity contribution in [2.75, 3.05) is 11.9 Å². The Morgan fingerprint density at radius 2 is 2.55 bits per heavy atom. The largest absolute Gasteiger partial charge is 0.369 e. The maximum Gasteiger partial charge on any atom is 0.141 e. The summed E-state index contributed by atoms with van der Waals surface area (Å²) in [6.45, 7) is 2.85. The first kappa shape index (κ1) is 7.62. The molecule has 0 amide bonds. The van der Waals surface area contributed by atoms with Gasteiger partial charge in [-0.25, -0.2) is 4.98 Å². The number of aromatic nitrogens is 1. The van der Waals surface area contributed by atoms with E-state index in [1.165, 1.54) is 0 Å². The molecule has 0 saturated heterocycles. The van der Waals surface area contributed by atoms with Crippen LogP contribution in [0.1, 0.15) is 12.5 Å². The van der Waals surface area contributed by atoms with Gasteiger partial charge in [-0.3, -0.25) is 0 Å². The summed E-state index contributed by atoms with van der Waals surface area (Å²) in [5, 5.41) is 3.07. The van der Waals surface area contributed by atoms with Crippen LogP contribution in [0.4, 0.5) is 5.82 Å². The standard InChI is InChI=1S/C9H10N2/c1-3-8-6-5-7-11-9(8)10-4-2/h1,5-7H,4H2,2H3,(H,10,11). The number of hydrogen-bond acceptors (Lipinski definition) is 2. The summed E-state index contributed by atoms with van der Waals surface area (Å²) >= 11 is 0. The predicted molar refractivity (Wildman–Crippen MR) is 46.3 cm³/mol. The maximum absolute atomic E-state index is 5.25. The smallest absolute Gasteiger partial charge is 0.141 e. The monoisotopic (exact) mass is 146 g/mol. The Labute approximate surface area is 66.7 Å². The van der Waals surface area contributed by atoms with Gasteiger partial charge in [-0.1, -0.05) is 5.92 Å². The molecule has 0 radical (unpaired) electrons. The molecule has 0 unspecified atom stereocenters. The van der Waals surface area contributed by atoms with E-state index in [1.54, 1.807) is 6.20 Å². The van der Waals surface area contributed by atoms with Gasteiger partial charge in [0.15, 0.2) is 0 Å². The first-order valence-corrected chi connectivity index (χ1v) is 3.54. The van der Waals surface area contributed by atoms with Gasteiger partial charge in [0.2, 0.25) is 0 Å². The normalized spacial score (nSPS) is 8.73. The molecule has 0 aliphatic rings. The van der Waals surface area contributed by atoms with Crippen LogP contribution in [0, 0.1) is 12.3 Å². The SMILES string of the molecule is C#Cc1cccnc1NCC. The highest BCUT2D eigenvalue weighted by Crippen LogP contribution is 2.08. The summed E-state index contributed by atoms with van der Waals surface area (Å²) in [7, 11) is 0. The average Bonchev–Trinajstić information content (AvgIpc) is 2.06. The molecule has 2 heteroatoms. The minimum atomic E-state index is 0.789. The zero-order valence-corrected chi connectivity index (χ0v) is 6.46. The molecule has 2 nitrogen and oxygen atoms in total. The molecule has 1 N–H and O–H groups in total. The summed E-state index contributed by atoms with van der Waals surface area (Å²) < 4.78 is 0. The molecule has 0 bridgehead atoms. The topological polar surface area (TPSA) is 24.9 Å². The van der Waals surface area contributed by atoms with Gasteiger partial charge in [0.05, 0.1) is 5.56 Å². The number of hydrogen-bond donors (Lipinski definition) is 1. The van der Waals surface area contributed by atoms with Crippen molar-refractivity contribution in [1.29, 1.82) is 0 Å². The molecule has 0 spiro atoms. The number of terminal acetylenes is 1. The van der Waals surface area contributed by atoms with Crippen LogP contribution >= 0.6 is 0 Å². The second-order valence-corrected chi connectivity index (χ2v) is 2.07. The van der Waals surface area contributed by atoms with E-state index in [0.717, 1.165) is 17.9 Å². The molecule has 11 heavy (non-hydrogen) atoms. The fraction of sp³-hybridized carbons (Fsp3) is 0.222. The molecule has 0 aliphatic carbocycles. The van der Waals surface area contributed by atoms with E-state index in [4.69, 9.17) is 6.42 Å². The lowest BCUT2D eigenvalue weighted by molar-refractivity contribution is 1.15. The van der Waals surface area contributed by atoms with Gasteiger partial charge >= 0.3 is 0 Å². The highest BCUT2D eigenvalue weighted by molar-refractivity contribution is 5.52. The molecule has 0 aromatic carbocycles. The molecule has 1 rings (SSSR count). The Morgan fingerprint density at radius 3 is 3.18 bits per heavy atom. The third-order valence-corrected chi connectivity index (χ3v) is 1.31. The van der Waals surface area contributed by atoms with Gasteiger partial charge in [-0.05, 0) is 19.1 Å². The van der Waals surface area contributed by atoms with E-state index in [1.807, 2.05) is 19.1 Å². The summed E-state index contributed by atoms with van der Waals surface area (Å²) in [6, 6.07) is 3.70. The van der Waals surface area contributed by atoms with Crippen LogP contribution in [0.2, 0.25) is 0 Å². The molecule has 0 atom stereocenters. The molecule has 0 saturated carbocycles.